The molecule has 118 valence electrons. The first kappa shape index (κ1) is 13.8. The molecule has 3 heterocycles. The average Bonchev–Trinajstić information content (AvgIpc) is 3.18. The number of fused-ring (bicyclic) bond motifs is 1. The quantitative estimate of drug-likeness (QED) is 0.670. The summed E-state index contributed by atoms with van der Waals surface area (Å²) in [6, 6.07) is 0. The summed E-state index contributed by atoms with van der Waals surface area (Å²) in [5, 5.41) is 20.4. The van der Waals surface area contributed by atoms with E-state index in [0.29, 0.717) is 11.2 Å². The molecule has 4 atom stereocenters. The SMILES string of the molecule is Nc1ncnc2c1ncn2[C@@H]1O[C@H](COC2CC2)C(O)C1O. The second kappa shape index (κ2) is 5.13. The summed E-state index contributed by atoms with van der Waals surface area (Å²) in [5.74, 6) is 0.255. The molecular weight excluding hydrogens is 290 g/mol. The molecule has 0 radical (unpaired) electrons. The molecule has 0 bridgehead atoms. The fourth-order valence-electron chi connectivity index (χ4n) is 2.62. The Labute approximate surface area is 125 Å². The summed E-state index contributed by atoms with van der Waals surface area (Å²) in [7, 11) is 0. The number of aliphatic hydroxyl groups excluding tert-OH is 2. The first-order valence-electron chi connectivity index (χ1n) is 7.21. The summed E-state index contributed by atoms with van der Waals surface area (Å²) in [6.07, 6.45) is 1.63. The Morgan fingerprint density at radius 3 is 2.86 bits per heavy atom. The highest BCUT2D eigenvalue weighted by Crippen LogP contribution is 2.33. The van der Waals surface area contributed by atoms with Crippen LogP contribution in [0.4, 0.5) is 5.82 Å². The Hall–Kier alpha value is -1.81. The van der Waals surface area contributed by atoms with Crippen molar-refractivity contribution in [2.75, 3.05) is 12.3 Å². The Balaban J connectivity index is 1.59. The van der Waals surface area contributed by atoms with E-state index >= 15 is 0 Å². The minimum Gasteiger partial charge on any atom is -0.387 e. The van der Waals surface area contributed by atoms with E-state index in [1.54, 1.807) is 4.57 Å². The van der Waals surface area contributed by atoms with Crippen molar-refractivity contribution in [3.8, 4) is 0 Å². The molecule has 9 nitrogen and oxygen atoms in total. The third-order valence-corrected chi connectivity index (χ3v) is 4.02. The zero-order valence-corrected chi connectivity index (χ0v) is 11.7. The molecule has 2 aromatic heterocycles. The molecule has 4 rings (SSSR count). The largest absolute Gasteiger partial charge is 0.387 e. The van der Waals surface area contributed by atoms with Crippen LogP contribution in [-0.4, -0.2) is 60.8 Å². The fraction of sp³-hybridized carbons (Fsp3) is 0.615. The maximum absolute atomic E-state index is 10.3. The van der Waals surface area contributed by atoms with Gasteiger partial charge < -0.3 is 25.4 Å². The number of nitrogen functional groups attached to an aromatic ring is 1. The van der Waals surface area contributed by atoms with Gasteiger partial charge in [-0.1, -0.05) is 0 Å². The first-order valence-corrected chi connectivity index (χ1v) is 7.21. The third-order valence-electron chi connectivity index (χ3n) is 4.02. The Kier molecular flexibility index (Phi) is 3.22. The number of nitrogens with two attached hydrogens (primary N) is 1. The molecule has 2 fully saturated rings. The number of hydrogen-bond donors (Lipinski definition) is 3. The molecule has 0 spiro atoms. The van der Waals surface area contributed by atoms with Crippen molar-refractivity contribution >= 4 is 17.0 Å². The van der Waals surface area contributed by atoms with Crippen LogP contribution < -0.4 is 5.73 Å². The summed E-state index contributed by atoms with van der Waals surface area (Å²) in [6.45, 7) is 0.253. The molecule has 0 amide bonds. The van der Waals surface area contributed by atoms with Crippen LogP contribution in [0.5, 0.6) is 0 Å². The molecule has 22 heavy (non-hydrogen) atoms. The molecule has 2 aliphatic rings. The van der Waals surface area contributed by atoms with Gasteiger partial charge in [0.05, 0.1) is 19.0 Å². The fourth-order valence-corrected chi connectivity index (χ4v) is 2.62. The zero-order chi connectivity index (χ0) is 15.3. The van der Waals surface area contributed by atoms with Gasteiger partial charge in [0.1, 0.15) is 30.2 Å². The van der Waals surface area contributed by atoms with Gasteiger partial charge >= 0.3 is 0 Å². The number of imidazole rings is 1. The van der Waals surface area contributed by atoms with Crippen molar-refractivity contribution in [1.82, 2.24) is 19.5 Å². The Morgan fingerprint density at radius 1 is 1.27 bits per heavy atom. The molecule has 4 N–H and O–H groups in total. The molecule has 1 aliphatic carbocycles. The summed E-state index contributed by atoms with van der Waals surface area (Å²) in [5.41, 5.74) is 6.63. The molecule has 1 saturated carbocycles. The van der Waals surface area contributed by atoms with Crippen molar-refractivity contribution in [2.45, 2.75) is 43.5 Å². The van der Waals surface area contributed by atoms with Crippen LogP contribution in [0, 0.1) is 0 Å². The maximum atomic E-state index is 10.3. The summed E-state index contributed by atoms with van der Waals surface area (Å²) >= 11 is 0. The highest BCUT2D eigenvalue weighted by atomic mass is 16.6. The molecule has 1 saturated heterocycles. The van der Waals surface area contributed by atoms with Crippen LogP contribution in [0.2, 0.25) is 0 Å². The number of anilines is 1. The summed E-state index contributed by atoms with van der Waals surface area (Å²) < 4.78 is 12.9. The highest BCUT2D eigenvalue weighted by Gasteiger charge is 2.45. The standard InChI is InChI=1S/C13H17N5O4/c14-11-8-12(16-4-15-11)18(5-17-8)13-10(20)9(19)7(22-13)3-21-6-1-2-6/h4-7,9-10,13,19-20H,1-3H2,(H2,14,15,16)/t7-,9?,10?,13-/m1/s1. The third kappa shape index (κ3) is 2.22. The van der Waals surface area contributed by atoms with Crippen LogP contribution in [0.15, 0.2) is 12.7 Å². The van der Waals surface area contributed by atoms with Crippen LogP contribution in [0.25, 0.3) is 11.2 Å². The average molecular weight is 307 g/mol. The van der Waals surface area contributed by atoms with Gasteiger partial charge in [-0.3, -0.25) is 4.57 Å². The van der Waals surface area contributed by atoms with Crippen LogP contribution >= 0.6 is 0 Å². The number of nitrogens with zero attached hydrogens (tertiary/aromatic N) is 4. The predicted molar refractivity (Wildman–Crippen MR) is 74.6 cm³/mol. The zero-order valence-electron chi connectivity index (χ0n) is 11.7. The lowest BCUT2D eigenvalue weighted by Gasteiger charge is -2.16. The van der Waals surface area contributed by atoms with Crippen molar-refractivity contribution < 1.29 is 19.7 Å². The van der Waals surface area contributed by atoms with E-state index in [4.69, 9.17) is 15.2 Å². The van der Waals surface area contributed by atoms with Gasteiger partial charge in [0.2, 0.25) is 0 Å². The summed E-state index contributed by atoms with van der Waals surface area (Å²) in [4.78, 5) is 12.1. The van der Waals surface area contributed by atoms with Gasteiger partial charge in [-0.25, -0.2) is 15.0 Å². The van der Waals surface area contributed by atoms with Crippen LogP contribution in [0.1, 0.15) is 19.1 Å². The predicted octanol–water partition coefficient (Wildman–Crippen LogP) is -0.793. The molecule has 0 aromatic carbocycles. The number of rotatable bonds is 4. The monoisotopic (exact) mass is 307 g/mol. The number of ether oxygens (including phenoxy) is 2. The lowest BCUT2D eigenvalue weighted by atomic mass is 10.1. The molecule has 1 aliphatic heterocycles. The van der Waals surface area contributed by atoms with E-state index < -0.39 is 24.5 Å². The molecular formula is C13H17N5O4. The smallest absolute Gasteiger partial charge is 0.167 e. The second-order valence-corrected chi connectivity index (χ2v) is 5.66. The second-order valence-electron chi connectivity index (χ2n) is 5.66. The number of aromatic nitrogens is 4. The lowest BCUT2D eigenvalue weighted by Crippen LogP contribution is -2.34. The molecule has 2 unspecified atom stereocenters. The normalized spacial score (nSPS) is 31.9. The highest BCUT2D eigenvalue weighted by molar-refractivity contribution is 5.81. The maximum Gasteiger partial charge on any atom is 0.167 e. The Bertz CT molecular complexity index is 688. The minimum atomic E-state index is -1.10. The van der Waals surface area contributed by atoms with Crippen LogP contribution in [-0.2, 0) is 9.47 Å². The van der Waals surface area contributed by atoms with E-state index in [1.165, 1.54) is 12.7 Å². The van der Waals surface area contributed by atoms with Crippen molar-refractivity contribution in [2.24, 2.45) is 0 Å². The molecule has 2 aromatic rings. The van der Waals surface area contributed by atoms with Gasteiger partial charge in [-0.2, -0.15) is 0 Å². The lowest BCUT2D eigenvalue weighted by molar-refractivity contribution is -0.0682. The van der Waals surface area contributed by atoms with Crippen molar-refractivity contribution in [1.29, 1.82) is 0 Å². The van der Waals surface area contributed by atoms with Crippen molar-refractivity contribution in [3.63, 3.8) is 0 Å². The topological polar surface area (TPSA) is 129 Å². The van der Waals surface area contributed by atoms with E-state index in [-0.39, 0.29) is 18.5 Å². The van der Waals surface area contributed by atoms with Crippen LogP contribution in [0.3, 0.4) is 0 Å². The van der Waals surface area contributed by atoms with Crippen molar-refractivity contribution in [3.05, 3.63) is 12.7 Å². The van der Waals surface area contributed by atoms with E-state index in [9.17, 15) is 10.2 Å². The van der Waals surface area contributed by atoms with Gasteiger partial charge in [0, 0.05) is 0 Å². The minimum absolute atomic E-state index is 0.253. The van der Waals surface area contributed by atoms with E-state index in [0.717, 1.165) is 12.8 Å². The van der Waals surface area contributed by atoms with E-state index in [2.05, 4.69) is 15.0 Å². The first-order chi connectivity index (χ1) is 10.6. The van der Waals surface area contributed by atoms with Gasteiger partial charge in [-0.05, 0) is 12.8 Å². The van der Waals surface area contributed by atoms with Gasteiger partial charge in [0.15, 0.2) is 17.7 Å². The van der Waals surface area contributed by atoms with Gasteiger partial charge in [-0.15, -0.1) is 0 Å². The number of aliphatic hydroxyl groups is 2. The molecule has 9 heteroatoms. The van der Waals surface area contributed by atoms with E-state index in [1.807, 2.05) is 0 Å². The van der Waals surface area contributed by atoms with Gasteiger partial charge in [0.25, 0.3) is 0 Å². The number of hydrogen-bond acceptors (Lipinski definition) is 8. The Morgan fingerprint density at radius 2 is 2.09 bits per heavy atom.